The van der Waals surface area contributed by atoms with Gasteiger partial charge in [0, 0.05) is 30.2 Å². The highest BCUT2D eigenvalue weighted by Gasteiger charge is 2.44. The summed E-state index contributed by atoms with van der Waals surface area (Å²) in [5.74, 6) is -3.14. The highest BCUT2D eigenvalue weighted by atomic mass is 16.7. The van der Waals surface area contributed by atoms with Crippen LogP contribution in [0.25, 0.3) is 0 Å². The van der Waals surface area contributed by atoms with Gasteiger partial charge in [0.2, 0.25) is 0 Å². The molecule has 2 aliphatic heterocycles. The zero-order valence-electron chi connectivity index (χ0n) is 24.2. The summed E-state index contributed by atoms with van der Waals surface area (Å²) in [5.41, 5.74) is 0. The molecule has 2 heterocycles. The maximum Gasteiger partial charge on any atom is 0.311 e. The largest absolute Gasteiger partial charge is 0.462 e. The zero-order valence-corrected chi connectivity index (χ0v) is 24.2. The van der Waals surface area contributed by atoms with Crippen molar-refractivity contribution >= 4 is 11.8 Å². The van der Waals surface area contributed by atoms with Crippen molar-refractivity contribution in [2.45, 2.75) is 123 Å². The lowest BCUT2D eigenvalue weighted by atomic mass is 9.78. The molecule has 0 amide bonds. The Morgan fingerprint density at radius 1 is 0.919 bits per heavy atom. The Kier molecular flexibility index (Phi) is 12.0. The molecule has 2 aliphatic rings. The second kappa shape index (κ2) is 13.8. The van der Waals surface area contributed by atoms with E-state index < -0.39 is 60.5 Å². The SMILES string of the molecule is CC[C@@H]1C[C@H](O)[C@@H](C)C(=O)[C@H](C)C[C@H](C)[C@H](OC2OC(C)CC(N(C)C)C2O)[C@@H](C)[C@H](O)[C@@H](C)C(=O)O1. The van der Waals surface area contributed by atoms with Gasteiger partial charge in [-0.2, -0.15) is 0 Å². The second-order valence-electron chi connectivity index (χ2n) is 11.9. The standard InChI is InChI=1S/C28H51NO8/c1-10-20-13-22(30)17(5)23(31)14(2)11-15(3)26(18(6)24(32)19(7)27(34)36-20)37-28-25(33)21(29(8)9)12-16(4)35-28/h14-22,24-26,28,30,32-33H,10-13H2,1-9H3/t14-,15+,16?,17-,18+,19-,20-,21?,22+,24+,25?,26+,28?/m1/s1. The molecule has 2 saturated heterocycles. The third kappa shape index (κ3) is 7.96. The first-order chi connectivity index (χ1) is 17.2. The minimum Gasteiger partial charge on any atom is -0.462 e. The third-order valence-electron chi connectivity index (χ3n) is 8.55. The van der Waals surface area contributed by atoms with Crippen LogP contribution >= 0.6 is 0 Å². The summed E-state index contributed by atoms with van der Waals surface area (Å²) in [6.07, 6.45) is -3.38. The number of rotatable bonds is 4. The van der Waals surface area contributed by atoms with Crippen LogP contribution in [0.2, 0.25) is 0 Å². The average molecular weight is 530 g/mol. The molecule has 2 fully saturated rings. The molecular formula is C28H51NO8. The molecule has 4 unspecified atom stereocenters. The van der Waals surface area contributed by atoms with Crippen LogP contribution < -0.4 is 0 Å². The predicted molar refractivity (Wildman–Crippen MR) is 140 cm³/mol. The first kappa shape index (κ1) is 32.1. The number of cyclic esters (lactones) is 1. The molecule has 2 rings (SSSR count). The van der Waals surface area contributed by atoms with Gasteiger partial charge in [-0.3, -0.25) is 9.59 Å². The molecule has 3 N–H and O–H groups in total. The van der Waals surface area contributed by atoms with Crippen LogP contribution in [-0.4, -0.2) is 95.0 Å². The van der Waals surface area contributed by atoms with Crippen molar-refractivity contribution in [3.8, 4) is 0 Å². The number of Topliss-reactive ketones (excluding diaryl/α,β-unsaturated/α-hetero) is 1. The monoisotopic (exact) mass is 529 g/mol. The van der Waals surface area contributed by atoms with E-state index in [1.165, 1.54) is 0 Å². The number of esters is 1. The van der Waals surface area contributed by atoms with Crippen LogP contribution in [0.15, 0.2) is 0 Å². The lowest BCUT2D eigenvalue weighted by molar-refractivity contribution is -0.283. The Morgan fingerprint density at radius 3 is 2.11 bits per heavy atom. The molecule has 0 aromatic rings. The van der Waals surface area contributed by atoms with E-state index in [1.807, 2.05) is 53.6 Å². The molecular weight excluding hydrogens is 478 g/mol. The van der Waals surface area contributed by atoms with Gasteiger partial charge in [-0.05, 0) is 53.1 Å². The third-order valence-corrected chi connectivity index (χ3v) is 8.55. The van der Waals surface area contributed by atoms with Crippen LogP contribution in [0.1, 0.15) is 74.1 Å². The lowest BCUT2D eigenvalue weighted by Crippen LogP contribution is -2.56. The Bertz CT molecular complexity index is 748. The fourth-order valence-electron chi connectivity index (χ4n) is 5.86. The molecule has 0 spiro atoms. The number of carbonyl (C=O) groups excluding carboxylic acids is 2. The summed E-state index contributed by atoms with van der Waals surface area (Å²) < 4.78 is 18.1. The molecule has 0 saturated carbocycles. The summed E-state index contributed by atoms with van der Waals surface area (Å²) in [6.45, 7) is 12.8. The Hall–Kier alpha value is -1.10. The number of likely N-dealkylation sites (N-methyl/N-ethyl adjacent to an activating group) is 1. The lowest BCUT2D eigenvalue weighted by Gasteiger charge is -2.44. The van der Waals surface area contributed by atoms with Crippen LogP contribution in [0.5, 0.6) is 0 Å². The number of hydrogen-bond acceptors (Lipinski definition) is 9. The van der Waals surface area contributed by atoms with E-state index in [0.717, 1.165) is 0 Å². The molecule has 0 aromatic carbocycles. The number of carbonyl (C=O) groups is 2. The van der Waals surface area contributed by atoms with Gasteiger partial charge in [-0.1, -0.05) is 34.6 Å². The topological polar surface area (TPSA) is 126 Å². The Balaban J connectivity index is 2.40. The van der Waals surface area contributed by atoms with E-state index in [2.05, 4.69) is 0 Å². The van der Waals surface area contributed by atoms with Gasteiger partial charge in [0.05, 0.1) is 30.3 Å². The Morgan fingerprint density at radius 2 is 1.54 bits per heavy atom. The fraction of sp³-hybridized carbons (Fsp3) is 0.929. The smallest absolute Gasteiger partial charge is 0.311 e. The first-order valence-corrected chi connectivity index (χ1v) is 13.9. The molecule has 0 aliphatic carbocycles. The van der Waals surface area contributed by atoms with E-state index in [-0.39, 0.29) is 36.2 Å². The van der Waals surface area contributed by atoms with Gasteiger partial charge < -0.3 is 34.4 Å². The molecule has 13 atom stereocenters. The average Bonchev–Trinajstić information content (AvgIpc) is 2.84. The van der Waals surface area contributed by atoms with Gasteiger partial charge in [-0.15, -0.1) is 0 Å². The fourth-order valence-corrected chi connectivity index (χ4v) is 5.86. The first-order valence-electron chi connectivity index (χ1n) is 13.9. The van der Waals surface area contributed by atoms with Gasteiger partial charge >= 0.3 is 5.97 Å². The van der Waals surface area contributed by atoms with Crippen molar-refractivity contribution < 1.29 is 39.1 Å². The predicted octanol–water partition coefficient (Wildman–Crippen LogP) is 2.38. The molecule has 0 bridgehead atoms. The number of aliphatic hydroxyl groups is 3. The van der Waals surface area contributed by atoms with Crippen LogP contribution in [-0.2, 0) is 23.8 Å². The van der Waals surface area contributed by atoms with Crippen LogP contribution in [0, 0.1) is 29.6 Å². The highest BCUT2D eigenvalue weighted by Crippen LogP contribution is 2.34. The van der Waals surface area contributed by atoms with Crippen molar-refractivity contribution in [1.82, 2.24) is 4.90 Å². The summed E-state index contributed by atoms with van der Waals surface area (Å²) >= 11 is 0. The van der Waals surface area contributed by atoms with E-state index in [9.17, 15) is 24.9 Å². The van der Waals surface area contributed by atoms with Crippen molar-refractivity contribution in [2.24, 2.45) is 29.6 Å². The molecule has 9 heteroatoms. The quantitative estimate of drug-likeness (QED) is 0.471. The van der Waals surface area contributed by atoms with Crippen LogP contribution in [0.4, 0.5) is 0 Å². The summed E-state index contributed by atoms with van der Waals surface area (Å²) in [7, 11) is 3.80. The van der Waals surface area contributed by atoms with E-state index in [0.29, 0.717) is 19.3 Å². The highest BCUT2D eigenvalue weighted by molar-refractivity contribution is 5.83. The van der Waals surface area contributed by atoms with E-state index >= 15 is 0 Å². The molecule has 0 aromatic heterocycles. The van der Waals surface area contributed by atoms with Crippen molar-refractivity contribution in [1.29, 1.82) is 0 Å². The molecule has 37 heavy (non-hydrogen) atoms. The normalized spacial score (nSPS) is 45.4. The molecule has 216 valence electrons. The zero-order chi connectivity index (χ0) is 28.2. The number of ketones is 1. The van der Waals surface area contributed by atoms with Gasteiger partial charge in [0.15, 0.2) is 6.29 Å². The number of nitrogens with zero attached hydrogens (tertiary/aromatic N) is 1. The van der Waals surface area contributed by atoms with Gasteiger partial charge in [0.1, 0.15) is 18.0 Å². The maximum atomic E-state index is 13.2. The van der Waals surface area contributed by atoms with Crippen molar-refractivity contribution in [3.05, 3.63) is 0 Å². The van der Waals surface area contributed by atoms with Gasteiger partial charge in [0.25, 0.3) is 0 Å². The van der Waals surface area contributed by atoms with Crippen molar-refractivity contribution in [2.75, 3.05) is 14.1 Å². The number of ether oxygens (including phenoxy) is 3. The maximum absolute atomic E-state index is 13.2. The van der Waals surface area contributed by atoms with Crippen LogP contribution in [0.3, 0.4) is 0 Å². The minimum absolute atomic E-state index is 0.0619. The number of aliphatic hydroxyl groups excluding tert-OH is 3. The summed E-state index contributed by atoms with van der Waals surface area (Å²) in [5, 5.41) is 33.1. The van der Waals surface area contributed by atoms with E-state index in [1.54, 1.807) is 13.8 Å². The summed E-state index contributed by atoms with van der Waals surface area (Å²) in [6, 6.07) is -0.162. The Labute approximate surface area is 222 Å². The minimum atomic E-state index is -1.09. The van der Waals surface area contributed by atoms with E-state index in [4.69, 9.17) is 14.2 Å². The number of hydrogen-bond donors (Lipinski definition) is 3. The van der Waals surface area contributed by atoms with Crippen molar-refractivity contribution in [3.63, 3.8) is 0 Å². The second-order valence-corrected chi connectivity index (χ2v) is 11.9. The summed E-state index contributed by atoms with van der Waals surface area (Å²) in [4.78, 5) is 28.1. The molecule has 9 nitrogen and oxygen atoms in total. The molecule has 0 radical (unpaired) electrons. The van der Waals surface area contributed by atoms with Gasteiger partial charge in [-0.25, -0.2) is 0 Å².